The molecule has 0 aliphatic carbocycles. The number of aliphatic carboxylic acids is 1. The third-order valence-corrected chi connectivity index (χ3v) is 4.19. The highest BCUT2D eigenvalue weighted by Gasteiger charge is 2.37. The zero-order chi connectivity index (χ0) is 16.4. The Bertz CT molecular complexity index is 560. The zero-order valence-corrected chi connectivity index (χ0v) is 11.9. The average Bonchev–Trinajstić information content (AvgIpc) is 2.33. The number of alkyl halides is 3. The number of nitro groups is 1. The van der Waals surface area contributed by atoms with Crippen molar-refractivity contribution in [1.82, 2.24) is 0 Å². The van der Waals surface area contributed by atoms with Crippen LogP contribution in [0.5, 0.6) is 0 Å². The lowest BCUT2D eigenvalue weighted by Gasteiger charge is -2.18. The van der Waals surface area contributed by atoms with E-state index in [1.807, 2.05) is 0 Å². The molecule has 116 valence electrons. The Balaban J connectivity index is 3.29. The summed E-state index contributed by atoms with van der Waals surface area (Å²) < 4.78 is 38.9. The number of hydrogen-bond acceptors (Lipinski definition) is 4. The van der Waals surface area contributed by atoms with Crippen LogP contribution in [0.3, 0.4) is 0 Å². The molecule has 1 atom stereocenters. The van der Waals surface area contributed by atoms with Gasteiger partial charge in [0.2, 0.25) is 0 Å². The van der Waals surface area contributed by atoms with Crippen LogP contribution in [-0.2, 0) is 11.0 Å². The number of halogens is 3. The first-order valence-electron chi connectivity index (χ1n) is 5.79. The largest absolute Gasteiger partial charge is 0.480 e. The van der Waals surface area contributed by atoms with Gasteiger partial charge in [0.15, 0.2) is 0 Å². The van der Waals surface area contributed by atoms with E-state index in [2.05, 4.69) is 0 Å². The van der Waals surface area contributed by atoms with Crippen LogP contribution in [0.1, 0.15) is 19.4 Å². The number of carboxylic acid groups (broad SMARTS) is 1. The molecule has 0 fully saturated rings. The van der Waals surface area contributed by atoms with Crippen molar-refractivity contribution in [1.29, 1.82) is 0 Å². The number of carbonyl (C=O) groups is 1. The summed E-state index contributed by atoms with van der Waals surface area (Å²) in [4.78, 5) is 20.4. The fourth-order valence-electron chi connectivity index (χ4n) is 1.56. The lowest BCUT2D eigenvalue weighted by molar-refractivity contribution is -0.385. The van der Waals surface area contributed by atoms with Crippen molar-refractivity contribution in [2.75, 3.05) is 0 Å². The topological polar surface area (TPSA) is 80.4 Å². The molecule has 0 bridgehead atoms. The average molecular weight is 323 g/mol. The summed E-state index contributed by atoms with van der Waals surface area (Å²) in [6.07, 6.45) is -4.80. The van der Waals surface area contributed by atoms with Crippen LogP contribution in [0.25, 0.3) is 0 Å². The number of nitro benzene ring substituents is 1. The third kappa shape index (κ3) is 4.35. The molecule has 0 aliphatic heterocycles. The van der Waals surface area contributed by atoms with E-state index in [1.165, 1.54) is 0 Å². The van der Waals surface area contributed by atoms with Crippen LogP contribution >= 0.6 is 11.8 Å². The normalized spacial score (nSPS) is 13.2. The quantitative estimate of drug-likeness (QED) is 0.506. The van der Waals surface area contributed by atoms with Gasteiger partial charge in [-0.2, -0.15) is 13.2 Å². The molecule has 0 saturated carbocycles. The number of non-ortho nitro benzene ring substituents is 1. The molecule has 1 unspecified atom stereocenters. The second kappa shape index (κ2) is 6.33. The predicted molar refractivity (Wildman–Crippen MR) is 70.2 cm³/mol. The van der Waals surface area contributed by atoms with Gasteiger partial charge < -0.3 is 5.11 Å². The zero-order valence-electron chi connectivity index (χ0n) is 11.0. The van der Waals surface area contributed by atoms with Crippen molar-refractivity contribution in [3.8, 4) is 0 Å². The highest BCUT2D eigenvalue weighted by molar-refractivity contribution is 8.00. The van der Waals surface area contributed by atoms with Crippen LogP contribution in [0, 0.1) is 16.0 Å². The van der Waals surface area contributed by atoms with E-state index in [4.69, 9.17) is 5.11 Å². The minimum absolute atomic E-state index is 0.339. The minimum atomic E-state index is -4.80. The van der Waals surface area contributed by atoms with Crippen LogP contribution < -0.4 is 0 Å². The second-order valence-corrected chi connectivity index (χ2v) is 5.74. The molecule has 0 heterocycles. The molecule has 0 aliphatic rings. The van der Waals surface area contributed by atoms with Gasteiger partial charge in [-0.15, -0.1) is 11.8 Å². The van der Waals surface area contributed by atoms with E-state index < -0.39 is 39.5 Å². The lowest BCUT2D eigenvalue weighted by Crippen LogP contribution is -2.23. The molecule has 5 nitrogen and oxygen atoms in total. The number of benzene rings is 1. The van der Waals surface area contributed by atoms with Crippen molar-refractivity contribution < 1.29 is 28.0 Å². The second-order valence-electron chi connectivity index (χ2n) is 4.56. The molecule has 1 aromatic rings. The fourth-order valence-corrected chi connectivity index (χ4v) is 2.66. The molecule has 0 saturated heterocycles. The molecule has 1 N–H and O–H groups in total. The Morgan fingerprint density at radius 3 is 2.33 bits per heavy atom. The predicted octanol–water partition coefficient (Wildman–Crippen LogP) is 3.81. The summed E-state index contributed by atoms with van der Waals surface area (Å²) >= 11 is 0.537. The summed E-state index contributed by atoms with van der Waals surface area (Å²) in [5.74, 6) is -1.63. The van der Waals surface area contributed by atoms with Crippen LogP contribution in [0.15, 0.2) is 23.1 Å². The van der Waals surface area contributed by atoms with E-state index in [-0.39, 0.29) is 4.90 Å². The number of thioether (sulfide) groups is 1. The Kier molecular flexibility index (Phi) is 5.21. The summed E-state index contributed by atoms with van der Waals surface area (Å²) in [6, 6.07) is 2.28. The Hall–Kier alpha value is -1.77. The van der Waals surface area contributed by atoms with Gasteiger partial charge >= 0.3 is 12.1 Å². The van der Waals surface area contributed by atoms with E-state index >= 15 is 0 Å². The number of rotatable bonds is 5. The summed E-state index contributed by atoms with van der Waals surface area (Å²) in [5.41, 5.74) is -1.89. The highest BCUT2D eigenvalue weighted by atomic mass is 32.2. The summed E-state index contributed by atoms with van der Waals surface area (Å²) in [6.45, 7) is 3.15. The molecule has 1 aromatic carbocycles. The van der Waals surface area contributed by atoms with Crippen molar-refractivity contribution in [2.24, 2.45) is 5.92 Å². The Labute approximate surface area is 122 Å². The SMILES string of the molecule is CC(C)C(Sc1ccc([N+](=O)[O-])cc1C(F)(F)F)C(=O)O. The van der Waals surface area contributed by atoms with E-state index in [0.29, 0.717) is 17.8 Å². The maximum Gasteiger partial charge on any atom is 0.417 e. The molecule has 21 heavy (non-hydrogen) atoms. The van der Waals surface area contributed by atoms with Crippen molar-refractivity contribution in [3.05, 3.63) is 33.9 Å². The standard InChI is InChI=1S/C12H12F3NO4S/c1-6(2)10(11(17)18)21-9-4-3-7(16(19)20)5-8(9)12(13,14)15/h3-6,10H,1-2H3,(H,17,18). The highest BCUT2D eigenvalue weighted by Crippen LogP contribution is 2.41. The first-order valence-corrected chi connectivity index (χ1v) is 6.67. The molecule has 0 radical (unpaired) electrons. The van der Waals surface area contributed by atoms with Crippen molar-refractivity contribution in [3.63, 3.8) is 0 Å². The van der Waals surface area contributed by atoms with Gasteiger partial charge in [-0.25, -0.2) is 0 Å². The number of hydrogen-bond donors (Lipinski definition) is 1. The van der Waals surface area contributed by atoms with E-state index in [1.54, 1.807) is 13.8 Å². The molecule has 1 rings (SSSR count). The van der Waals surface area contributed by atoms with Gasteiger partial charge in [0, 0.05) is 17.0 Å². The van der Waals surface area contributed by atoms with E-state index in [9.17, 15) is 28.1 Å². The molecule has 9 heteroatoms. The number of nitrogens with zero attached hydrogens (tertiary/aromatic N) is 1. The lowest BCUT2D eigenvalue weighted by atomic mass is 10.1. The number of carboxylic acids is 1. The fraction of sp³-hybridized carbons (Fsp3) is 0.417. The maximum absolute atomic E-state index is 13.0. The van der Waals surface area contributed by atoms with Gasteiger partial charge in [-0.05, 0) is 12.0 Å². The smallest absolute Gasteiger partial charge is 0.417 e. The van der Waals surface area contributed by atoms with E-state index in [0.717, 1.165) is 12.1 Å². The van der Waals surface area contributed by atoms with Crippen LogP contribution in [0.2, 0.25) is 0 Å². The molecule has 0 spiro atoms. The summed E-state index contributed by atoms with van der Waals surface area (Å²) in [7, 11) is 0. The molecular weight excluding hydrogens is 311 g/mol. The Morgan fingerprint density at radius 1 is 1.38 bits per heavy atom. The third-order valence-electron chi connectivity index (χ3n) is 2.58. The van der Waals surface area contributed by atoms with Crippen LogP contribution in [-0.4, -0.2) is 21.2 Å². The van der Waals surface area contributed by atoms with Crippen molar-refractivity contribution >= 4 is 23.4 Å². The molecular formula is C12H12F3NO4S. The van der Waals surface area contributed by atoms with Gasteiger partial charge in [-0.1, -0.05) is 13.8 Å². The van der Waals surface area contributed by atoms with Gasteiger partial charge in [0.25, 0.3) is 5.69 Å². The van der Waals surface area contributed by atoms with Gasteiger partial charge in [-0.3, -0.25) is 14.9 Å². The maximum atomic E-state index is 13.0. The Morgan fingerprint density at radius 2 is 1.95 bits per heavy atom. The van der Waals surface area contributed by atoms with Crippen LogP contribution in [0.4, 0.5) is 18.9 Å². The monoisotopic (exact) mass is 323 g/mol. The molecule has 0 aromatic heterocycles. The minimum Gasteiger partial charge on any atom is -0.480 e. The van der Waals surface area contributed by atoms with Crippen molar-refractivity contribution in [2.45, 2.75) is 30.2 Å². The summed E-state index contributed by atoms with van der Waals surface area (Å²) in [5, 5.41) is 18.5. The van der Waals surface area contributed by atoms with Gasteiger partial charge in [0.05, 0.1) is 10.5 Å². The first-order chi connectivity index (χ1) is 9.54. The first kappa shape index (κ1) is 17.3. The molecule has 0 amide bonds. The van der Waals surface area contributed by atoms with Gasteiger partial charge in [0.1, 0.15) is 5.25 Å².